The molecule has 3 aromatic rings. The number of benzene rings is 3. The molecule has 0 saturated carbocycles. The molecule has 0 aliphatic carbocycles. The highest BCUT2D eigenvalue weighted by molar-refractivity contribution is 7.80. The molecule has 0 radical (unpaired) electrons. The van der Waals surface area contributed by atoms with Gasteiger partial charge in [0.05, 0.1) is 6.61 Å². The molecule has 7 heteroatoms. The number of aryl methyl sites for hydroxylation is 1. The highest BCUT2D eigenvalue weighted by atomic mass is 32.1. The zero-order valence-electron chi connectivity index (χ0n) is 17.3. The Morgan fingerprint density at radius 2 is 1.52 bits per heavy atom. The second-order valence-corrected chi connectivity index (χ2v) is 7.18. The van der Waals surface area contributed by atoms with Crippen LogP contribution in [0.1, 0.15) is 33.2 Å². The first-order chi connectivity index (χ1) is 14.9. The van der Waals surface area contributed by atoms with Crippen molar-refractivity contribution in [1.29, 1.82) is 0 Å². The highest BCUT2D eigenvalue weighted by Crippen LogP contribution is 2.15. The standard InChI is InChI=1S/C24H23N3O3S/c1-3-30-21-12-10-17(11-13-21)22(28)27-24(31)26-20-9-5-7-18(15-20)23(29)25-19-8-4-6-16(2)14-19/h4-15H,3H2,1-2H3,(H,25,29)(H2,26,27,28,31). The largest absolute Gasteiger partial charge is 0.494 e. The average Bonchev–Trinajstić information content (AvgIpc) is 2.74. The maximum Gasteiger partial charge on any atom is 0.257 e. The van der Waals surface area contributed by atoms with Gasteiger partial charge >= 0.3 is 0 Å². The normalized spacial score (nSPS) is 10.1. The van der Waals surface area contributed by atoms with Crippen LogP contribution in [0.15, 0.2) is 72.8 Å². The van der Waals surface area contributed by atoms with Crippen LogP contribution in [0, 0.1) is 6.92 Å². The Morgan fingerprint density at radius 1 is 0.839 bits per heavy atom. The topological polar surface area (TPSA) is 79.5 Å². The zero-order valence-corrected chi connectivity index (χ0v) is 18.1. The Hall–Kier alpha value is -3.71. The Balaban J connectivity index is 1.60. The first-order valence-corrected chi connectivity index (χ1v) is 10.2. The molecule has 0 aromatic heterocycles. The Labute approximate surface area is 186 Å². The third-order valence-electron chi connectivity index (χ3n) is 4.31. The van der Waals surface area contributed by atoms with Crippen LogP contribution in [-0.2, 0) is 0 Å². The van der Waals surface area contributed by atoms with Gasteiger partial charge in [0.15, 0.2) is 5.11 Å². The third kappa shape index (κ3) is 6.38. The molecule has 3 N–H and O–H groups in total. The molecule has 6 nitrogen and oxygen atoms in total. The van der Waals surface area contributed by atoms with Crippen molar-refractivity contribution >= 4 is 40.5 Å². The van der Waals surface area contributed by atoms with Crippen molar-refractivity contribution < 1.29 is 14.3 Å². The van der Waals surface area contributed by atoms with E-state index in [0.717, 1.165) is 11.3 Å². The van der Waals surface area contributed by atoms with Crippen LogP contribution in [0.4, 0.5) is 11.4 Å². The lowest BCUT2D eigenvalue weighted by atomic mass is 10.1. The van der Waals surface area contributed by atoms with E-state index >= 15 is 0 Å². The molecule has 0 bridgehead atoms. The molecule has 3 rings (SSSR count). The lowest BCUT2D eigenvalue weighted by Crippen LogP contribution is -2.34. The van der Waals surface area contributed by atoms with Crippen LogP contribution >= 0.6 is 12.2 Å². The number of rotatable bonds is 6. The molecule has 0 heterocycles. The summed E-state index contributed by atoms with van der Waals surface area (Å²) in [5.74, 6) is 0.119. The number of ether oxygens (including phenoxy) is 1. The van der Waals surface area contributed by atoms with Gasteiger partial charge in [-0.05, 0) is 86.2 Å². The van der Waals surface area contributed by atoms with E-state index in [1.54, 1.807) is 48.5 Å². The minimum Gasteiger partial charge on any atom is -0.494 e. The molecule has 2 amide bonds. The molecule has 0 aliphatic heterocycles. The molecule has 0 spiro atoms. The predicted octanol–water partition coefficient (Wildman–Crippen LogP) is 4.77. The molecule has 0 saturated heterocycles. The van der Waals surface area contributed by atoms with E-state index in [1.807, 2.05) is 38.1 Å². The first kappa shape index (κ1) is 22.0. The summed E-state index contributed by atoms with van der Waals surface area (Å²) in [6.07, 6.45) is 0. The lowest BCUT2D eigenvalue weighted by molar-refractivity contribution is 0.0976. The monoisotopic (exact) mass is 433 g/mol. The molecular weight excluding hydrogens is 410 g/mol. The van der Waals surface area contributed by atoms with Gasteiger partial charge in [0, 0.05) is 22.5 Å². The Bertz CT molecular complexity index is 1100. The lowest BCUT2D eigenvalue weighted by Gasteiger charge is -2.11. The summed E-state index contributed by atoms with van der Waals surface area (Å²) in [6, 6.07) is 21.2. The van der Waals surface area contributed by atoms with Crippen molar-refractivity contribution in [3.63, 3.8) is 0 Å². The van der Waals surface area contributed by atoms with Crippen molar-refractivity contribution in [2.24, 2.45) is 0 Å². The molecule has 31 heavy (non-hydrogen) atoms. The van der Waals surface area contributed by atoms with E-state index < -0.39 is 0 Å². The number of carbonyl (C=O) groups is 2. The van der Waals surface area contributed by atoms with Gasteiger partial charge in [0.25, 0.3) is 11.8 Å². The summed E-state index contributed by atoms with van der Waals surface area (Å²) in [6.45, 7) is 4.41. The molecule has 0 aliphatic rings. The van der Waals surface area contributed by atoms with Crippen molar-refractivity contribution in [2.45, 2.75) is 13.8 Å². The maximum absolute atomic E-state index is 12.5. The number of amides is 2. The predicted molar refractivity (Wildman–Crippen MR) is 127 cm³/mol. The van der Waals surface area contributed by atoms with Gasteiger partial charge in [-0.3, -0.25) is 14.9 Å². The zero-order chi connectivity index (χ0) is 22.2. The van der Waals surface area contributed by atoms with E-state index in [-0.39, 0.29) is 16.9 Å². The second-order valence-electron chi connectivity index (χ2n) is 6.77. The molecule has 0 atom stereocenters. The summed E-state index contributed by atoms with van der Waals surface area (Å²) >= 11 is 5.24. The summed E-state index contributed by atoms with van der Waals surface area (Å²) < 4.78 is 5.37. The average molecular weight is 434 g/mol. The van der Waals surface area contributed by atoms with E-state index in [0.29, 0.717) is 29.2 Å². The Kier molecular flexibility index (Phi) is 7.35. The number of carbonyl (C=O) groups excluding carboxylic acids is 2. The third-order valence-corrected chi connectivity index (χ3v) is 4.52. The molecule has 0 fully saturated rings. The van der Waals surface area contributed by atoms with Crippen molar-refractivity contribution in [1.82, 2.24) is 5.32 Å². The van der Waals surface area contributed by atoms with Crippen molar-refractivity contribution in [3.8, 4) is 5.75 Å². The quantitative estimate of drug-likeness (QED) is 0.488. The number of hydrogen-bond acceptors (Lipinski definition) is 4. The Morgan fingerprint density at radius 3 is 2.19 bits per heavy atom. The van der Waals surface area contributed by atoms with Crippen LogP contribution < -0.4 is 20.7 Å². The SMILES string of the molecule is CCOc1ccc(C(=O)NC(=S)Nc2cccc(C(=O)Nc3cccc(C)c3)c2)cc1. The number of nitrogens with one attached hydrogen (secondary N) is 3. The van der Waals surface area contributed by atoms with Crippen molar-refractivity contribution in [2.75, 3.05) is 17.2 Å². The van der Waals surface area contributed by atoms with Gasteiger partial charge in [-0.15, -0.1) is 0 Å². The van der Waals surface area contributed by atoms with Crippen molar-refractivity contribution in [3.05, 3.63) is 89.5 Å². The fraction of sp³-hybridized carbons (Fsp3) is 0.125. The van der Waals surface area contributed by atoms with Gasteiger partial charge in [-0.2, -0.15) is 0 Å². The number of thiocarbonyl (C=S) groups is 1. The van der Waals surface area contributed by atoms with E-state index in [1.165, 1.54) is 0 Å². The molecule has 0 unspecified atom stereocenters. The van der Waals surface area contributed by atoms with Gasteiger partial charge in [-0.1, -0.05) is 18.2 Å². The maximum atomic E-state index is 12.5. The van der Waals surface area contributed by atoms with Crippen LogP contribution in [-0.4, -0.2) is 23.5 Å². The van der Waals surface area contributed by atoms with Gasteiger partial charge < -0.3 is 15.4 Å². The van der Waals surface area contributed by atoms with Gasteiger partial charge in [0.1, 0.15) is 5.75 Å². The van der Waals surface area contributed by atoms with Crippen LogP contribution in [0.2, 0.25) is 0 Å². The number of anilines is 2. The minimum atomic E-state index is -0.339. The second kappa shape index (κ2) is 10.4. The summed E-state index contributed by atoms with van der Waals surface area (Å²) in [5.41, 5.74) is 3.29. The molecule has 158 valence electrons. The van der Waals surface area contributed by atoms with Crippen LogP contribution in [0.25, 0.3) is 0 Å². The van der Waals surface area contributed by atoms with E-state index in [4.69, 9.17) is 17.0 Å². The fourth-order valence-corrected chi connectivity index (χ4v) is 3.08. The van der Waals surface area contributed by atoms with Gasteiger partial charge in [0.2, 0.25) is 0 Å². The smallest absolute Gasteiger partial charge is 0.257 e. The van der Waals surface area contributed by atoms with E-state index in [2.05, 4.69) is 16.0 Å². The molecular formula is C24H23N3O3S. The summed E-state index contributed by atoms with van der Waals surface area (Å²) in [4.78, 5) is 24.9. The first-order valence-electron chi connectivity index (χ1n) is 9.78. The molecule has 3 aromatic carbocycles. The highest BCUT2D eigenvalue weighted by Gasteiger charge is 2.10. The fourth-order valence-electron chi connectivity index (χ4n) is 2.87. The van der Waals surface area contributed by atoms with Gasteiger partial charge in [-0.25, -0.2) is 0 Å². The van der Waals surface area contributed by atoms with E-state index in [9.17, 15) is 9.59 Å². The summed E-state index contributed by atoms with van der Waals surface area (Å²) in [7, 11) is 0. The summed E-state index contributed by atoms with van der Waals surface area (Å²) in [5, 5.41) is 8.57. The number of hydrogen-bond donors (Lipinski definition) is 3. The van der Waals surface area contributed by atoms with Crippen LogP contribution in [0.3, 0.4) is 0 Å². The van der Waals surface area contributed by atoms with Crippen LogP contribution in [0.5, 0.6) is 5.75 Å². The minimum absolute atomic E-state index is 0.134.